The molecule has 1 fully saturated rings. The molecule has 5 heteroatoms. The molecule has 1 aliphatic rings. The zero-order valence-electron chi connectivity index (χ0n) is 10.8. The van der Waals surface area contributed by atoms with Crippen molar-refractivity contribution in [2.45, 2.75) is 30.0 Å². The molecule has 0 radical (unpaired) electrons. The predicted molar refractivity (Wildman–Crippen MR) is 82.7 cm³/mol. The topological polar surface area (TPSA) is 29.1 Å². The second kappa shape index (κ2) is 5.27. The standard InChI is InChI=1S/C14H16BrCl2NO/c1-13(2,9-3-5-10(15)6-4-9)8-18-12(19)11-7-14(11,16)17/h3-6,11H,7-8H2,1-2H3,(H,18,19). The summed E-state index contributed by atoms with van der Waals surface area (Å²) in [7, 11) is 0. The number of alkyl halides is 2. The third kappa shape index (κ3) is 3.65. The average molecular weight is 365 g/mol. The van der Waals surface area contributed by atoms with Gasteiger partial charge in [-0.2, -0.15) is 0 Å². The normalized spacial score (nSPS) is 21.0. The molecule has 2 nitrogen and oxygen atoms in total. The van der Waals surface area contributed by atoms with Crippen LogP contribution in [0.2, 0.25) is 0 Å². The first-order valence-corrected chi connectivity index (χ1v) is 7.69. The Morgan fingerprint density at radius 1 is 1.42 bits per heavy atom. The molecule has 1 aromatic carbocycles. The van der Waals surface area contributed by atoms with Gasteiger partial charge in [-0.15, -0.1) is 23.2 Å². The molecule has 19 heavy (non-hydrogen) atoms. The van der Waals surface area contributed by atoms with Crippen molar-refractivity contribution >= 4 is 45.0 Å². The number of nitrogens with one attached hydrogen (secondary N) is 1. The van der Waals surface area contributed by atoms with Gasteiger partial charge in [-0.1, -0.05) is 41.9 Å². The maximum atomic E-state index is 11.9. The number of hydrogen-bond acceptors (Lipinski definition) is 1. The van der Waals surface area contributed by atoms with Gasteiger partial charge in [-0.25, -0.2) is 0 Å². The first kappa shape index (κ1) is 15.1. The van der Waals surface area contributed by atoms with Crippen molar-refractivity contribution in [3.63, 3.8) is 0 Å². The maximum Gasteiger partial charge on any atom is 0.226 e. The molecule has 0 saturated heterocycles. The average Bonchev–Trinajstić information content (AvgIpc) is 2.96. The fourth-order valence-corrected chi connectivity index (χ4v) is 2.70. The summed E-state index contributed by atoms with van der Waals surface area (Å²) < 4.78 is 0.189. The molecule has 104 valence electrons. The van der Waals surface area contributed by atoms with Crippen LogP contribution in [0, 0.1) is 5.92 Å². The van der Waals surface area contributed by atoms with Crippen molar-refractivity contribution in [3.05, 3.63) is 34.3 Å². The minimum Gasteiger partial charge on any atom is -0.355 e. The lowest BCUT2D eigenvalue weighted by Gasteiger charge is -2.26. The number of amides is 1. The van der Waals surface area contributed by atoms with E-state index in [0.717, 1.165) is 4.47 Å². The summed E-state index contributed by atoms with van der Waals surface area (Å²) in [6, 6.07) is 8.12. The summed E-state index contributed by atoms with van der Waals surface area (Å²) in [4.78, 5) is 11.9. The highest BCUT2D eigenvalue weighted by molar-refractivity contribution is 9.10. The Bertz CT molecular complexity index is 485. The van der Waals surface area contributed by atoms with E-state index in [1.807, 2.05) is 12.1 Å². The Balaban J connectivity index is 1.94. The number of carbonyl (C=O) groups is 1. The highest BCUT2D eigenvalue weighted by Gasteiger charge is 2.56. The van der Waals surface area contributed by atoms with Crippen LogP contribution in [0.5, 0.6) is 0 Å². The van der Waals surface area contributed by atoms with Gasteiger partial charge in [0, 0.05) is 16.4 Å². The van der Waals surface area contributed by atoms with Gasteiger partial charge in [0.2, 0.25) is 5.91 Å². The number of carbonyl (C=O) groups excluding carboxylic acids is 1. The SMILES string of the molecule is CC(C)(CNC(=O)C1CC1(Cl)Cl)c1ccc(Br)cc1. The van der Waals surface area contributed by atoms with Gasteiger partial charge in [0.15, 0.2) is 0 Å². The maximum absolute atomic E-state index is 11.9. The minimum absolute atomic E-state index is 0.0600. The molecule has 1 aliphatic carbocycles. The second-order valence-electron chi connectivity index (χ2n) is 5.63. The van der Waals surface area contributed by atoms with Crippen molar-refractivity contribution in [1.29, 1.82) is 0 Å². The van der Waals surface area contributed by atoms with Crippen LogP contribution >= 0.6 is 39.1 Å². The van der Waals surface area contributed by atoms with Crippen molar-refractivity contribution < 1.29 is 4.79 Å². The molecule has 1 aromatic rings. The van der Waals surface area contributed by atoms with Crippen LogP contribution in [-0.4, -0.2) is 16.8 Å². The summed E-state index contributed by atoms with van der Waals surface area (Å²) in [6.07, 6.45) is 0.542. The highest BCUT2D eigenvalue weighted by Crippen LogP contribution is 2.53. The Morgan fingerprint density at radius 2 is 1.95 bits per heavy atom. The molecule has 1 saturated carbocycles. The summed E-state index contributed by atoms with van der Waals surface area (Å²) in [5.74, 6) is -0.327. The lowest BCUT2D eigenvalue weighted by Crippen LogP contribution is -2.38. The molecule has 0 aromatic heterocycles. The van der Waals surface area contributed by atoms with Crippen molar-refractivity contribution in [1.82, 2.24) is 5.32 Å². The predicted octanol–water partition coefficient (Wildman–Crippen LogP) is 4.04. The number of benzene rings is 1. The van der Waals surface area contributed by atoms with Gasteiger partial charge >= 0.3 is 0 Å². The minimum atomic E-state index is -0.855. The van der Waals surface area contributed by atoms with E-state index in [1.54, 1.807) is 0 Å². The van der Waals surface area contributed by atoms with Crippen LogP contribution in [0.25, 0.3) is 0 Å². The molecule has 0 bridgehead atoms. The Kier molecular flexibility index (Phi) is 4.20. The second-order valence-corrected chi connectivity index (χ2v) is 8.08. The van der Waals surface area contributed by atoms with Crippen molar-refractivity contribution in [3.8, 4) is 0 Å². The van der Waals surface area contributed by atoms with Gasteiger partial charge < -0.3 is 5.32 Å². The summed E-state index contributed by atoms with van der Waals surface area (Å²) >= 11 is 15.2. The van der Waals surface area contributed by atoms with E-state index < -0.39 is 4.33 Å². The molecule has 2 rings (SSSR count). The summed E-state index contributed by atoms with van der Waals surface area (Å²) in [6.45, 7) is 4.75. The molecule has 0 heterocycles. The zero-order valence-corrected chi connectivity index (χ0v) is 13.9. The van der Waals surface area contributed by atoms with Crippen LogP contribution < -0.4 is 5.32 Å². The summed E-state index contributed by atoms with van der Waals surface area (Å²) in [5, 5.41) is 2.93. The highest BCUT2D eigenvalue weighted by atomic mass is 79.9. The van der Waals surface area contributed by atoms with E-state index in [9.17, 15) is 4.79 Å². The van der Waals surface area contributed by atoms with E-state index in [-0.39, 0.29) is 17.2 Å². The van der Waals surface area contributed by atoms with Gasteiger partial charge in [0.25, 0.3) is 0 Å². The third-order valence-electron chi connectivity index (χ3n) is 3.47. The van der Waals surface area contributed by atoms with E-state index in [4.69, 9.17) is 23.2 Å². The Morgan fingerprint density at radius 3 is 2.42 bits per heavy atom. The van der Waals surface area contributed by atoms with Crippen LogP contribution in [-0.2, 0) is 10.2 Å². The largest absolute Gasteiger partial charge is 0.355 e. The smallest absolute Gasteiger partial charge is 0.226 e. The molecule has 1 atom stereocenters. The lowest BCUT2D eigenvalue weighted by molar-refractivity contribution is -0.122. The fourth-order valence-electron chi connectivity index (χ4n) is 1.93. The van der Waals surface area contributed by atoms with E-state index in [0.29, 0.717) is 13.0 Å². The van der Waals surface area contributed by atoms with Crippen LogP contribution in [0.3, 0.4) is 0 Å². The van der Waals surface area contributed by atoms with E-state index in [1.165, 1.54) is 5.56 Å². The summed E-state index contributed by atoms with van der Waals surface area (Å²) in [5.41, 5.74) is 1.04. The van der Waals surface area contributed by atoms with E-state index >= 15 is 0 Å². The third-order valence-corrected chi connectivity index (χ3v) is 4.84. The Hall–Kier alpha value is -0.250. The molecular weight excluding hydrogens is 349 g/mol. The van der Waals surface area contributed by atoms with Gasteiger partial charge in [-0.3, -0.25) is 4.79 Å². The number of halogens is 3. The van der Waals surface area contributed by atoms with Crippen LogP contribution in [0.4, 0.5) is 0 Å². The first-order valence-electron chi connectivity index (χ1n) is 6.14. The van der Waals surface area contributed by atoms with Crippen LogP contribution in [0.1, 0.15) is 25.8 Å². The number of rotatable bonds is 4. The molecule has 0 aliphatic heterocycles. The molecular formula is C14H16BrCl2NO. The molecule has 1 amide bonds. The molecule has 1 unspecified atom stereocenters. The first-order chi connectivity index (χ1) is 8.72. The molecule has 1 N–H and O–H groups in total. The van der Waals surface area contributed by atoms with E-state index in [2.05, 4.69) is 47.2 Å². The monoisotopic (exact) mass is 363 g/mol. The quantitative estimate of drug-likeness (QED) is 0.802. The zero-order chi connectivity index (χ0) is 14.3. The van der Waals surface area contributed by atoms with Gasteiger partial charge in [0.05, 0.1) is 5.92 Å². The van der Waals surface area contributed by atoms with Gasteiger partial charge in [-0.05, 0) is 24.1 Å². The lowest BCUT2D eigenvalue weighted by atomic mass is 9.84. The fraction of sp³-hybridized carbons (Fsp3) is 0.500. The van der Waals surface area contributed by atoms with Crippen LogP contribution in [0.15, 0.2) is 28.7 Å². The number of hydrogen-bond donors (Lipinski definition) is 1. The Labute approximate surface area is 132 Å². The molecule has 0 spiro atoms. The van der Waals surface area contributed by atoms with Crippen molar-refractivity contribution in [2.75, 3.05) is 6.54 Å². The van der Waals surface area contributed by atoms with Crippen molar-refractivity contribution in [2.24, 2.45) is 5.92 Å². The van der Waals surface area contributed by atoms with Gasteiger partial charge in [0.1, 0.15) is 4.33 Å².